The van der Waals surface area contributed by atoms with E-state index in [4.69, 9.17) is 18.9 Å². The Hall–Kier alpha value is -3.49. The highest BCUT2D eigenvalue weighted by Crippen LogP contribution is 2.36. The first-order valence-corrected chi connectivity index (χ1v) is 14.1. The summed E-state index contributed by atoms with van der Waals surface area (Å²) < 4.78 is 16.7. The molecule has 3 saturated heterocycles. The first kappa shape index (κ1) is 24.5. The Labute approximate surface area is 227 Å². The fourth-order valence-corrected chi connectivity index (χ4v) is 6.46. The van der Waals surface area contributed by atoms with Gasteiger partial charge in [-0.1, -0.05) is 30.3 Å². The van der Waals surface area contributed by atoms with E-state index < -0.39 is 5.54 Å². The quantitative estimate of drug-likeness (QED) is 0.495. The number of furan rings is 1. The molecular weight excluding hydrogens is 494 g/mol. The van der Waals surface area contributed by atoms with Gasteiger partial charge in [0, 0.05) is 63.2 Å². The van der Waals surface area contributed by atoms with Crippen LogP contribution in [0.1, 0.15) is 37.7 Å². The van der Waals surface area contributed by atoms with E-state index in [9.17, 15) is 9.59 Å². The number of nitrogens with zero attached hydrogens (tertiary/aromatic N) is 3. The average molecular weight is 528 g/mol. The molecule has 2 atom stereocenters. The van der Waals surface area contributed by atoms with Gasteiger partial charge in [0.25, 0.3) is 11.8 Å². The molecule has 4 aliphatic rings. The zero-order valence-electron chi connectivity index (χ0n) is 22.0. The number of carbonyl (C=O) groups excluding carboxylic acids is 2. The fourth-order valence-electron chi connectivity index (χ4n) is 6.46. The highest BCUT2D eigenvalue weighted by atomic mass is 16.5. The minimum atomic E-state index is -0.746. The first-order chi connectivity index (χ1) is 19.1. The lowest BCUT2D eigenvalue weighted by atomic mass is 9.90. The molecule has 0 saturated carbocycles. The highest BCUT2D eigenvalue weighted by molar-refractivity contribution is 6.15. The SMILES string of the molecule is O=C([C@H]1CCCO1)N1CC[C@@H](CN2C(=O)C3(CCOCC3)N=C2c2ccc(-c3ccc4occc4c3)cc2)C1. The minimum absolute atomic E-state index is 0.0687. The van der Waals surface area contributed by atoms with E-state index >= 15 is 0 Å². The molecule has 0 bridgehead atoms. The number of benzene rings is 2. The lowest BCUT2D eigenvalue weighted by Crippen LogP contribution is -2.47. The van der Waals surface area contributed by atoms with Crippen molar-refractivity contribution in [1.82, 2.24) is 9.80 Å². The van der Waals surface area contributed by atoms with Gasteiger partial charge in [-0.15, -0.1) is 0 Å². The topological polar surface area (TPSA) is 84.6 Å². The molecule has 7 rings (SSSR count). The van der Waals surface area contributed by atoms with Crippen LogP contribution >= 0.6 is 0 Å². The number of hydrogen-bond acceptors (Lipinski definition) is 6. The fraction of sp³-hybridized carbons (Fsp3) is 0.452. The molecule has 0 unspecified atom stereocenters. The smallest absolute Gasteiger partial charge is 0.256 e. The number of rotatable bonds is 5. The van der Waals surface area contributed by atoms with Gasteiger partial charge in [-0.3, -0.25) is 19.5 Å². The number of carbonyl (C=O) groups is 2. The zero-order chi connectivity index (χ0) is 26.4. The van der Waals surface area contributed by atoms with Gasteiger partial charge >= 0.3 is 0 Å². The van der Waals surface area contributed by atoms with E-state index in [1.54, 1.807) is 6.26 Å². The van der Waals surface area contributed by atoms with Gasteiger partial charge in [0.1, 0.15) is 23.1 Å². The number of amidine groups is 1. The summed E-state index contributed by atoms with van der Waals surface area (Å²) in [7, 11) is 0. The summed E-state index contributed by atoms with van der Waals surface area (Å²) in [5, 5.41) is 1.07. The summed E-state index contributed by atoms with van der Waals surface area (Å²) in [6, 6.07) is 16.5. The van der Waals surface area contributed by atoms with Crippen molar-refractivity contribution in [3.05, 3.63) is 60.4 Å². The van der Waals surface area contributed by atoms with Crippen LogP contribution < -0.4 is 0 Å². The van der Waals surface area contributed by atoms with Gasteiger partial charge in [-0.2, -0.15) is 0 Å². The maximum atomic E-state index is 13.9. The van der Waals surface area contributed by atoms with Crippen LogP contribution in [0.3, 0.4) is 0 Å². The highest BCUT2D eigenvalue weighted by Gasteiger charge is 2.50. The van der Waals surface area contributed by atoms with Crippen molar-refractivity contribution in [2.45, 2.75) is 43.7 Å². The third kappa shape index (κ3) is 4.45. The molecule has 2 amide bonds. The lowest BCUT2D eigenvalue weighted by molar-refractivity contribution is -0.139. The molecule has 1 aromatic heterocycles. The van der Waals surface area contributed by atoms with Crippen LogP contribution in [0.4, 0.5) is 0 Å². The number of likely N-dealkylation sites (tertiary alicyclic amines) is 1. The second-order valence-electron chi connectivity index (χ2n) is 11.2. The van der Waals surface area contributed by atoms with Crippen molar-refractivity contribution in [3.63, 3.8) is 0 Å². The van der Waals surface area contributed by atoms with Gasteiger partial charge in [0.05, 0.1) is 6.26 Å². The molecule has 0 aliphatic carbocycles. The Morgan fingerprint density at radius 1 is 0.974 bits per heavy atom. The molecule has 0 radical (unpaired) electrons. The molecule has 4 aliphatic heterocycles. The van der Waals surface area contributed by atoms with Crippen LogP contribution in [-0.4, -0.2) is 78.5 Å². The van der Waals surface area contributed by atoms with Gasteiger partial charge in [0.15, 0.2) is 0 Å². The predicted molar refractivity (Wildman–Crippen MR) is 146 cm³/mol. The van der Waals surface area contributed by atoms with Crippen molar-refractivity contribution in [3.8, 4) is 11.1 Å². The number of ether oxygens (including phenoxy) is 2. The molecule has 1 spiro atoms. The van der Waals surface area contributed by atoms with E-state index in [0.717, 1.165) is 52.8 Å². The largest absolute Gasteiger partial charge is 0.464 e. The van der Waals surface area contributed by atoms with Crippen LogP contribution in [0.2, 0.25) is 0 Å². The van der Waals surface area contributed by atoms with Crippen molar-refractivity contribution in [1.29, 1.82) is 0 Å². The summed E-state index contributed by atoms with van der Waals surface area (Å²) in [5.41, 5.74) is 3.27. The van der Waals surface area contributed by atoms with Crippen LogP contribution in [0.5, 0.6) is 0 Å². The molecule has 202 valence electrons. The average Bonchev–Trinajstić information content (AvgIpc) is 3.79. The molecule has 5 heterocycles. The Morgan fingerprint density at radius 2 is 1.77 bits per heavy atom. The molecule has 3 fully saturated rings. The van der Waals surface area contributed by atoms with Crippen molar-refractivity contribution in [2.75, 3.05) is 39.5 Å². The first-order valence-electron chi connectivity index (χ1n) is 14.1. The number of hydrogen-bond donors (Lipinski definition) is 0. The number of fused-ring (bicyclic) bond motifs is 1. The van der Waals surface area contributed by atoms with Crippen LogP contribution in [0, 0.1) is 5.92 Å². The Morgan fingerprint density at radius 3 is 2.56 bits per heavy atom. The Bertz CT molecular complexity index is 1420. The van der Waals surface area contributed by atoms with E-state index in [0.29, 0.717) is 52.3 Å². The minimum Gasteiger partial charge on any atom is -0.464 e. The molecule has 8 nitrogen and oxygen atoms in total. The molecule has 8 heteroatoms. The lowest BCUT2D eigenvalue weighted by Gasteiger charge is -2.30. The third-order valence-corrected chi connectivity index (χ3v) is 8.71. The predicted octanol–water partition coefficient (Wildman–Crippen LogP) is 4.27. The molecular formula is C31H33N3O5. The normalized spacial score (nSPS) is 24.7. The van der Waals surface area contributed by atoms with E-state index in [1.807, 2.05) is 21.9 Å². The third-order valence-electron chi connectivity index (χ3n) is 8.71. The molecule has 2 aromatic carbocycles. The second-order valence-corrected chi connectivity index (χ2v) is 11.2. The summed E-state index contributed by atoms with van der Waals surface area (Å²) in [5.74, 6) is 1.11. The summed E-state index contributed by atoms with van der Waals surface area (Å²) in [6.07, 6.45) is 5.23. The molecule has 39 heavy (non-hydrogen) atoms. The van der Waals surface area contributed by atoms with E-state index in [1.165, 1.54) is 0 Å². The maximum absolute atomic E-state index is 13.9. The standard InChI is InChI=1S/C31H33N3O5/c35-29(27-2-1-14-38-27)33-13-9-21(19-33)20-34-28(32-31(30(34)36)11-16-37-17-12-31)23-5-3-22(4-6-23)24-7-8-26-25(18-24)10-15-39-26/h3-8,10,15,18,21,27H,1-2,9,11-14,16-17,19-20H2/t21-,27-/m1/s1. The van der Waals surface area contributed by atoms with Crippen LogP contribution in [-0.2, 0) is 19.1 Å². The van der Waals surface area contributed by atoms with Crippen LogP contribution in [0.15, 0.2) is 64.2 Å². The van der Waals surface area contributed by atoms with Gasteiger partial charge in [-0.05, 0) is 54.5 Å². The van der Waals surface area contributed by atoms with Crippen molar-refractivity contribution < 1.29 is 23.5 Å². The number of amides is 2. The monoisotopic (exact) mass is 527 g/mol. The Balaban J connectivity index is 1.13. The maximum Gasteiger partial charge on any atom is 0.256 e. The zero-order valence-corrected chi connectivity index (χ0v) is 22.0. The van der Waals surface area contributed by atoms with Crippen molar-refractivity contribution in [2.24, 2.45) is 10.9 Å². The van der Waals surface area contributed by atoms with Crippen LogP contribution in [0.25, 0.3) is 22.1 Å². The number of aliphatic imine (C=N–C) groups is 1. The second kappa shape index (κ2) is 9.92. The van der Waals surface area contributed by atoms with Gasteiger partial charge in [0.2, 0.25) is 0 Å². The summed E-state index contributed by atoms with van der Waals surface area (Å²) in [4.78, 5) is 35.7. The summed E-state index contributed by atoms with van der Waals surface area (Å²) >= 11 is 0. The summed E-state index contributed by atoms with van der Waals surface area (Å²) in [6.45, 7) is 3.68. The van der Waals surface area contributed by atoms with Gasteiger partial charge in [-0.25, -0.2) is 0 Å². The Kier molecular flexibility index (Phi) is 6.24. The van der Waals surface area contributed by atoms with Gasteiger partial charge < -0.3 is 18.8 Å². The van der Waals surface area contributed by atoms with Crippen molar-refractivity contribution >= 4 is 28.6 Å². The molecule has 0 N–H and O–H groups in total. The molecule has 3 aromatic rings. The van der Waals surface area contributed by atoms with E-state index in [2.05, 4.69) is 36.4 Å². The van der Waals surface area contributed by atoms with E-state index in [-0.39, 0.29) is 23.8 Å².